The van der Waals surface area contributed by atoms with Gasteiger partial charge in [-0.25, -0.2) is 13.2 Å². The Balaban J connectivity index is 1.79. The van der Waals surface area contributed by atoms with Crippen molar-refractivity contribution in [2.45, 2.75) is 13.0 Å². The highest BCUT2D eigenvalue weighted by Crippen LogP contribution is 2.36. The van der Waals surface area contributed by atoms with Crippen LogP contribution in [0.3, 0.4) is 0 Å². The lowest BCUT2D eigenvalue weighted by Gasteiger charge is -2.34. The second-order valence-corrected chi connectivity index (χ2v) is 9.04. The maximum absolute atomic E-state index is 13.4. The van der Waals surface area contributed by atoms with Gasteiger partial charge in [-0.2, -0.15) is 0 Å². The fourth-order valence-corrected chi connectivity index (χ4v) is 4.50. The number of esters is 1. The molecule has 1 atom stereocenters. The van der Waals surface area contributed by atoms with Crippen molar-refractivity contribution in [1.29, 1.82) is 0 Å². The number of aromatic nitrogens is 1. The Morgan fingerprint density at radius 1 is 1.17 bits per heavy atom. The molecule has 0 spiro atoms. The summed E-state index contributed by atoms with van der Waals surface area (Å²) >= 11 is 0. The van der Waals surface area contributed by atoms with Crippen LogP contribution in [0.4, 0.5) is 5.69 Å². The zero-order valence-electron chi connectivity index (χ0n) is 16.7. The number of carbonyl (C=O) groups is 2. The number of methoxy groups -OCH3 is 1. The Kier molecular flexibility index (Phi) is 4.77. The third-order valence-electron chi connectivity index (χ3n) is 5.01. The van der Waals surface area contributed by atoms with Crippen LogP contribution in [0.5, 0.6) is 5.75 Å². The molecule has 0 radical (unpaired) electrons. The van der Waals surface area contributed by atoms with E-state index in [0.29, 0.717) is 22.3 Å². The normalized spacial score (nSPS) is 16.1. The average Bonchev–Trinajstić information content (AvgIpc) is 3.11. The molecule has 0 bridgehead atoms. The summed E-state index contributed by atoms with van der Waals surface area (Å²) in [6.45, 7) is 1.67. The summed E-state index contributed by atoms with van der Waals surface area (Å²) in [6, 6.07) is 12.1. The number of carbonyl (C=O) groups excluding carboxylic acids is 2. The molecule has 156 valence electrons. The molecule has 0 N–H and O–H groups in total. The van der Waals surface area contributed by atoms with Gasteiger partial charge in [0.25, 0.3) is 5.91 Å². The van der Waals surface area contributed by atoms with E-state index in [2.05, 4.69) is 0 Å². The second kappa shape index (κ2) is 7.17. The number of rotatable bonds is 3. The number of ether oxygens (including phenoxy) is 2. The van der Waals surface area contributed by atoms with Gasteiger partial charge < -0.3 is 9.47 Å². The van der Waals surface area contributed by atoms with Crippen molar-refractivity contribution in [2.75, 3.05) is 24.2 Å². The van der Waals surface area contributed by atoms with Crippen LogP contribution in [0.15, 0.2) is 48.7 Å². The Morgan fingerprint density at radius 2 is 1.90 bits per heavy atom. The summed E-state index contributed by atoms with van der Waals surface area (Å²) in [5.74, 6) is -0.748. The minimum atomic E-state index is -3.64. The Bertz CT molecular complexity index is 1280. The first kappa shape index (κ1) is 20.0. The smallest absolute Gasteiger partial charge is 0.340 e. The van der Waals surface area contributed by atoms with Crippen LogP contribution >= 0.6 is 0 Å². The molecular formula is C21H20N2O6S. The standard InChI is InChI=1S/C21H20N2O6S/c1-13-8-9-18-17(10-13)23(30(3,26)27)12-19(29-18)20(24)22-11-15(21(25)28-2)14-6-4-5-7-16(14)22/h4-11,19H,12H2,1-3H3/t19-/m0/s1. The molecule has 1 aliphatic rings. The molecule has 0 saturated carbocycles. The average molecular weight is 428 g/mol. The van der Waals surface area contributed by atoms with E-state index >= 15 is 0 Å². The van der Waals surface area contributed by atoms with Crippen LogP contribution in [0.2, 0.25) is 0 Å². The fraction of sp³-hybridized carbons (Fsp3) is 0.238. The number of anilines is 1. The van der Waals surface area contributed by atoms with Crippen molar-refractivity contribution < 1.29 is 27.5 Å². The van der Waals surface area contributed by atoms with Gasteiger partial charge in [-0.3, -0.25) is 13.7 Å². The van der Waals surface area contributed by atoms with Gasteiger partial charge in [0.05, 0.1) is 36.7 Å². The van der Waals surface area contributed by atoms with Gasteiger partial charge in [0, 0.05) is 11.6 Å². The lowest BCUT2D eigenvalue weighted by atomic mass is 10.1. The number of fused-ring (bicyclic) bond motifs is 2. The first-order chi connectivity index (χ1) is 14.2. The molecule has 0 aliphatic carbocycles. The van der Waals surface area contributed by atoms with Gasteiger partial charge in [0.2, 0.25) is 10.0 Å². The number of hydrogen-bond acceptors (Lipinski definition) is 6. The molecule has 1 aliphatic heterocycles. The third-order valence-corrected chi connectivity index (χ3v) is 6.16. The first-order valence-electron chi connectivity index (χ1n) is 9.18. The van der Waals surface area contributed by atoms with E-state index in [1.165, 1.54) is 22.2 Å². The highest BCUT2D eigenvalue weighted by Gasteiger charge is 2.36. The van der Waals surface area contributed by atoms with Crippen LogP contribution < -0.4 is 9.04 Å². The fourth-order valence-electron chi connectivity index (χ4n) is 3.59. The lowest BCUT2D eigenvalue weighted by molar-refractivity contribution is 0.0602. The van der Waals surface area contributed by atoms with Crippen molar-refractivity contribution in [2.24, 2.45) is 0 Å². The minimum Gasteiger partial charge on any atom is -0.476 e. The maximum Gasteiger partial charge on any atom is 0.340 e. The van der Waals surface area contributed by atoms with Crippen LogP contribution in [0.1, 0.15) is 20.7 Å². The number of benzene rings is 2. The van der Waals surface area contributed by atoms with E-state index in [0.717, 1.165) is 11.8 Å². The molecule has 2 aromatic carbocycles. The van der Waals surface area contributed by atoms with E-state index in [9.17, 15) is 18.0 Å². The number of sulfonamides is 1. The van der Waals surface area contributed by atoms with Crippen molar-refractivity contribution in [3.63, 3.8) is 0 Å². The summed E-state index contributed by atoms with van der Waals surface area (Å²) in [4.78, 5) is 25.5. The summed E-state index contributed by atoms with van der Waals surface area (Å²) < 4.78 is 38.0. The maximum atomic E-state index is 13.4. The molecular weight excluding hydrogens is 408 g/mol. The largest absolute Gasteiger partial charge is 0.476 e. The Labute approximate surface area is 173 Å². The van der Waals surface area contributed by atoms with Crippen molar-refractivity contribution >= 4 is 38.5 Å². The molecule has 3 aromatic rings. The Morgan fingerprint density at radius 3 is 2.60 bits per heavy atom. The molecule has 0 saturated heterocycles. The van der Waals surface area contributed by atoms with Crippen molar-refractivity contribution in [1.82, 2.24) is 4.57 Å². The van der Waals surface area contributed by atoms with Gasteiger partial charge in [-0.15, -0.1) is 0 Å². The molecule has 0 fully saturated rings. The summed E-state index contributed by atoms with van der Waals surface area (Å²) in [5, 5.41) is 0.560. The molecule has 9 heteroatoms. The molecule has 1 aromatic heterocycles. The molecule has 4 rings (SSSR count). The van der Waals surface area contributed by atoms with Crippen LogP contribution in [0, 0.1) is 6.92 Å². The second-order valence-electron chi connectivity index (χ2n) is 7.13. The predicted octanol–water partition coefficient (Wildman–Crippen LogP) is 2.60. The van der Waals surface area contributed by atoms with Crippen LogP contribution in [-0.2, 0) is 14.8 Å². The number of hydrogen-bond donors (Lipinski definition) is 0. The molecule has 8 nitrogen and oxygen atoms in total. The minimum absolute atomic E-state index is 0.172. The summed E-state index contributed by atoms with van der Waals surface area (Å²) in [7, 11) is -2.37. The van der Waals surface area contributed by atoms with Gasteiger partial charge in [-0.05, 0) is 30.7 Å². The predicted molar refractivity (Wildman–Crippen MR) is 112 cm³/mol. The van der Waals surface area contributed by atoms with E-state index in [1.807, 2.05) is 6.92 Å². The monoisotopic (exact) mass is 428 g/mol. The number of para-hydroxylation sites is 1. The summed E-state index contributed by atoms with van der Waals surface area (Å²) in [6.07, 6.45) is 1.40. The van der Waals surface area contributed by atoms with E-state index in [-0.39, 0.29) is 12.1 Å². The SMILES string of the molecule is COC(=O)c1cn(C(=O)[C@@H]2CN(S(C)(=O)=O)c3cc(C)ccc3O2)c2ccccc12. The summed E-state index contributed by atoms with van der Waals surface area (Å²) in [5.41, 5.74) is 2.02. The molecule has 0 amide bonds. The number of aryl methyl sites for hydroxylation is 1. The van der Waals surface area contributed by atoms with Gasteiger partial charge in [0.15, 0.2) is 6.10 Å². The highest BCUT2D eigenvalue weighted by atomic mass is 32.2. The quantitative estimate of drug-likeness (QED) is 0.595. The van der Waals surface area contributed by atoms with E-state index in [1.54, 1.807) is 42.5 Å². The highest BCUT2D eigenvalue weighted by molar-refractivity contribution is 7.92. The van der Waals surface area contributed by atoms with Gasteiger partial charge in [0.1, 0.15) is 5.75 Å². The van der Waals surface area contributed by atoms with Crippen LogP contribution in [-0.4, -0.2) is 50.9 Å². The number of nitrogens with zero attached hydrogens (tertiary/aromatic N) is 2. The van der Waals surface area contributed by atoms with Crippen molar-refractivity contribution in [3.05, 3.63) is 59.8 Å². The van der Waals surface area contributed by atoms with E-state index in [4.69, 9.17) is 9.47 Å². The van der Waals surface area contributed by atoms with Crippen molar-refractivity contribution in [3.8, 4) is 5.75 Å². The van der Waals surface area contributed by atoms with Gasteiger partial charge in [-0.1, -0.05) is 24.3 Å². The Hall–Kier alpha value is -3.33. The first-order valence-corrected chi connectivity index (χ1v) is 11.0. The van der Waals surface area contributed by atoms with Gasteiger partial charge >= 0.3 is 5.97 Å². The molecule has 0 unspecified atom stereocenters. The molecule has 2 heterocycles. The van der Waals surface area contributed by atoms with Crippen LogP contribution in [0.25, 0.3) is 10.9 Å². The third kappa shape index (κ3) is 3.30. The van der Waals surface area contributed by atoms with E-state index < -0.39 is 28.0 Å². The zero-order chi connectivity index (χ0) is 21.6. The topological polar surface area (TPSA) is 94.9 Å². The lowest BCUT2D eigenvalue weighted by Crippen LogP contribution is -2.48. The zero-order valence-corrected chi connectivity index (χ0v) is 17.5. The molecule has 30 heavy (non-hydrogen) atoms.